The first-order valence-corrected chi connectivity index (χ1v) is 5.46. The molecule has 20 heavy (non-hydrogen) atoms. The molecule has 1 aromatic carbocycles. The van der Waals surface area contributed by atoms with Gasteiger partial charge in [-0.25, -0.2) is 4.79 Å². The Morgan fingerprint density at radius 2 is 1.95 bits per heavy atom. The number of hydrogen-bond donors (Lipinski definition) is 2. The van der Waals surface area contributed by atoms with E-state index in [-0.39, 0.29) is 22.5 Å². The van der Waals surface area contributed by atoms with Gasteiger partial charge in [-0.15, -0.1) is 0 Å². The van der Waals surface area contributed by atoms with E-state index < -0.39 is 17.7 Å². The van der Waals surface area contributed by atoms with Gasteiger partial charge in [-0.1, -0.05) is 6.07 Å². The third-order valence-electron chi connectivity index (χ3n) is 2.67. The first-order chi connectivity index (χ1) is 9.30. The molecule has 3 N–H and O–H groups in total. The Balaban J connectivity index is 2.59. The molecule has 0 amide bonds. The van der Waals surface area contributed by atoms with E-state index in [9.17, 15) is 18.0 Å². The fourth-order valence-corrected chi connectivity index (χ4v) is 1.77. The summed E-state index contributed by atoms with van der Waals surface area (Å²) < 4.78 is 38.6. The monoisotopic (exact) mass is 282 g/mol. The number of carboxylic acids is 1. The molecule has 0 aliphatic heterocycles. The van der Waals surface area contributed by atoms with Gasteiger partial charge in [0.2, 0.25) is 0 Å². The molecule has 2 rings (SSSR count). The van der Waals surface area contributed by atoms with Gasteiger partial charge in [0, 0.05) is 17.4 Å². The van der Waals surface area contributed by atoms with Crippen molar-refractivity contribution in [1.29, 1.82) is 0 Å². The van der Waals surface area contributed by atoms with Crippen LogP contribution < -0.4 is 5.73 Å². The molecule has 1 aromatic heterocycles. The summed E-state index contributed by atoms with van der Waals surface area (Å²) in [6, 6.07) is 5.66. The maximum atomic E-state index is 12.9. The molecule has 0 aliphatic carbocycles. The highest BCUT2D eigenvalue weighted by Crippen LogP contribution is 2.36. The summed E-state index contributed by atoms with van der Waals surface area (Å²) in [4.78, 5) is 14.5. The van der Waals surface area contributed by atoms with Gasteiger partial charge in [0.05, 0.1) is 16.8 Å². The van der Waals surface area contributed by atoms with Crippen LogP contribution in [-0.4, -0.2) is 16.1 Å². The molecular weight excluding hydrogens is 273 g/mol. The van der Waals surface area contributed by atoms with Gasteiger partial charge in [-0.2, -0.15) is 13.2 Å². The first-order valence-electron chi connectivity index (χ1n) is 5.46. The Labute approximate surface area is 111 Å². The van der Waals surface area contributed by atoms with Crippen molar-refractivity contribution in [2.24, 2.45) is 0 Å². The zero-order chi connectivity index (χ0) is 14.9. The summed E-state index contributed by atoms with van der Waals surface area (Å²) in [5.74, 6) is -1.24. The van der Waals surface area contributed by atoms with Crippen LogP contribution in [0.25, 0.3) is 11.3 Å². The lowest BCUT2D eigenvalue weighted by Gasteiger charge is -2.12. The maximum Gasteiger partial charge on any atom is 0.418 e. The molecule has 0 atom stereocenters. The highest BCUT2D eigenvalue weighted by molar-refractivity contribution is 5.94. The van der Waals surface area contributed by atoms with Gasteiger partial charge < -0.3 is 10.8 Å². The zero-order valence-electron chi connectivity index (χ0n) is 9.98. The molecule has 0 aliphatic rings. The second-order valence-corrected chi connectivity index (χ2v) is 4.00. The highest BCUT2D eigenvalue weighted by Gasteiger charge is 2.34. The van der Waals surface area contributed by atoms with E-state index in [4.69, 9.17) is 10.8 Å². The predicted molar refractivity (Wildman–Crippen MR) is 66.0 cm³/mol. The van der Waals surface area contributed by atoms with E-state index in [1.54, 1.807) is 0 Å². The van der Waals surface area contributed by atoms with E-state index >= 15 is 0 Å². The Morgan fingerprint density at radius 3 is 2.50 bits per heavy atom. The van der Waals surface area contributed by atoms with Crippen molar-refractivity contribution in [3.8, 4) is 11.3 Å². The molecule has 0 saturated carbocycles. The van der Waals surface area contributed by atoms with Crippen molar-refractivity contribution in [1.82, 2.24) is 4.98 Å². The summed E-state index contributed by atoms with van der Waals surface area (Å²) in [5, 5.41) is 8.84. The molecule has 2 aromatic rings. The summed E-state index contributed by atoms with van der Waals surface area (Å²) >= 11 is 0. The second kappa shape index (κ2) is 4.84. The van der Waals surface area contributed by atoms with Crippen molar-refractivity contribution >= 4 is 11.7 Å². The maximum absolute atomic E-state index is 12.9. The minimum atomic E-state index is -4.55. The molecule has 0 radical (unpaired) electrons. The number of anilines is 1. The third kappa shape index (κ3) is 2.56. The minimum Gasteiger partial charge on any atom is -0.478 e. The van der Waals surface area contributed by atoms with Gasteiger partial charge >= 0.3 is 12.1 Å². The van der Waals surface area contributed by atoms with Crippen LogP contribution in [0.1, 0.15) is 15.9 Å². The van der Waals surface area contributed by atoms with E-state index in [0.717, 1.165) is 12.1 Å². The molecule has 1 heterocycles. The summed E-state index contributed by atoms with van der Waals surface area (Å²) in [6.45, 7) is 0. The van der Waals surface area contributed by atoms with Crippen molar-refractivity contribution in [2.75, 3.05) is 5.73 Å². The molecule has 0 unspecified atom stereocenters. The van der Waals surface area contributed by atoms with Crippen molar-refractivity contribution in [2.45, 2.75) is 6.18 Å². The number of rotatable bonds is 2. The Hall–Kier alpha value is -2.57. The number of hydrogen-bond acceptors (Lipinski definition) is 3. The number of pyridine rings is 1. The summed E-state index contributed by atoms with van der Waals surface area (Å²) in [6.07, 6.45) is -3.32. The number of nitrogens with two attached hydrogens (primary N) is 1. The number of benzene rings is 1. The van der Waals surface area contributed by atoms with Gasteiger partial charge in [0.1, 0.15) is 0 Å². The van der Waals surface area contributed by atoms with E-state index in [1.165, 1.54) is 24.4 Å². The number of carboxylic acid groups (broad SMARTS) is 1. The second-order valence-electron chi connectivity index (χ2n) is 4.00. The van der Waals surface area contributed by atoms with Crippen molar-refractivity contribution in [3.63, 3.8) is 0 Å². The van der Waals surface area contributed by atoms with Crippen LogP contribution >= 0.6 is 0 Å². The molecule has 0 bridgehead atoms. The van der Waals surface area contributed by atoms with Gasteiger partial charge in [-0.05, 0) is 24.3 Å². The first kappa shape index (κ1) is 13.9. The smallest absolute Gasteiger partial charge is 0.418 e. The Morgan fingerprint density at radius 1 is 1.25 bits per heavy atom. The number of halogens is 3. The van der Waals surface area contributed by atoms with Crippen molar-refractivity contribution in [3.05, 3.63) is 47.7 Å². The predicted octanol–water partition coefficient (Wildman–Crippen LogP) is 3.05. The lowest BCUT2D eigenvalue weighted by atomic mass is 10.0. The number of carbonyl (C=O) groups is 1. The average molecular weight is 282 g/mol. The molecule has 104 valence electrons. The number of aromatic nitrogens is 1. The van der Waals surface area contributed by atoms with Crippen LogP contribution in [0.4, 0.5) is 18.9 Å². The number of aromatic carboxylic acids is 1. The van der Waals surface area contributed by atoms with Crippen LogP contribution in [0.2, 0.25) is 0 Å². The third-order valence-corrected chi connectivity index (χ3v) is 2.67. The van der Waals surface area contributed by atoms with E-state index in [1.807, 2.05) is 0 Å². The number of nitrogen functional groups attached to an aromatic ring is 1. The van der Waals surface area contributed by atoms with Crippen LogP contribution in [0.15, 0.2) is 36.5 Å². The van der Waals surface area contributed by atoms with Gasteiger partial charge in [0.15, 0.2) is 0 Å². The molecule has 0 fully saturated rings. The fourth-order valence-electron chi connectivity index (χ4n) is 1.77. The standard InChI is InChI=1S/C13H9F3N2O2/c14-13(15,16)9-2-1-5-18-11(9)7-3-4-8(12(19)20)10(17)6-7/h1-6H,17H2,(H,19,20). The van der Waals surface area contributed by atoms with Crippen LogP contribution in [0, 0.1) is 0 Å². The van der Waals surface area contributed by atoms with Gasteiger partial charge in [0.25, 0.3) is 0 Å². The summed E-state index contributed by atoms with van der Waals surface area (Å²) in [7, 11) is 0. The van der Waals surface area contributed by atoms with Crippen LogP contribution in [-0.2, 0) is 6.18 Å². The zero-order valence-corrected chi connectivity index (χ0v) is 9.98. The number of nitrogens with zero attached hydrogens (tertiary/aromatic N) is 1. The molecule has 0 spiro atoms. The number of alkyl halides is 3. The lowest BCUT2D eigenvalue weighted by molar-refractivity contribution is -0.137. The highest BCUT2D eigenvalue weighted by atomic mass is 19.4. The van der Waals surface area contributed by atoms with E-state index in [0.29, 0.717) is 0 Å². The van der Waals surface area contributed by atoms with Gasteiger partial charge in [-0.3, -0.25) is 4.98 Å². The minimum absolute atomic E-state index is 0.112. The average Bonchev–Trinajstić information content (AvgIpc) is 2.37. The topological polar surface area (TPSA) is 76.2 Å². The largest absolute Gasteiger partial charge is 0.478 e. The molecule has 7 heteroatoms. The van der Waals surface area contributed by atoms with Crippen LogP contribution in [0.3, 0.4) is 0 Å². The van der Waals surface area contributed by atoms with E-state index in [2.05, 4.69) is 4.98 Å². The molecule has 4 nitrogen and oxygen atoms in total. The molecule has 0 saturated heterocycles. The Kier molecular flexibility index (Phi) is 3.35. The van der Waals surface area contributed by atoms with Crippen LogP contribution in [0.5, 0.6) is 0 Å². The fraction of sp³-hybridized carbons (Fsp3) is 0.0769. The molecular formula is C13H9F3N2O2. The SMILES string of the molecule is Nc1cc(-c2ncccc2C(F)(F)F)ccc1C(=O)O. The quantitative estimate of drug-likeness (QED) is 0.830. The summed E-state index contributed by atoms with van der Waals surface area (Å²) in [5.41, 5.74) is 4.17. The van der Waals surface area contributed by atoms with Crippen molar-refractivity contribution < 1.29 is 23.1 Å². The lowest BCUT2D eigenvalue weighted by Crippen LogP contribution is -2.09. The Bertz CT molecular complexity index is 669. The normalized spacial score (nSPS) is 11.3.